The van der Waals surface area contributed by atoms with Gasteiger partial charge in [0, 0.05) is 13.0 Å². The second-order valence-corrected chi connectivity index (χ2v) is 6.78. The molecule has 0 spiro atoms. The summed E-state index contributed by atoms with van der Waals surface area (Å²) in [4.78, 5) is 11.9. The Morgan fingerprint density at radius 1 is 1.35 bits per heavy atom. The summed E-state index contributed by atoms with van der Waals surface area (Å²) in [5.41, 5.74) is 5.67. The molecular weight excluding hydrogens is 212 g/mol. The van der Waals surface area contributed by atoms with Crippen molar-refractivity contribution in [2.45, 2.75) is 46.0 Å². The average Bonchev–Trinajstić information content (AvgIpc) is 2.88. The van der Waals surface area contributed by atoms with Gasteiger partial charge < -0.3 is 11.1 Å². The zero-order chi connectivity index (χ0) is 12.5. The summed E-state index contributed by atoms with van der Waals surface area (Å²) in [5, 5.41) is 3.04. The van der Waals surface area contributed by atoms with Crippen LogP contribution in [0, 0.1) is 23.2 Å². The highest BCUT2D eigenvalue weighted by molar-refractivity contribution is 5.76. The average molecular weight is 238 g/mol. The van der Waals surface area contributed by atoms with Crippen LogP contribution in [0.15, 0.2) is 0 Å². The summed E-state index contributed by atoms with van der Waals surface area (Å²) in [6.07, 6.45) is 6.17. The fourth-order valence-electron chi connectivity index (χ4n) is 3.35. The van der Waals surface area contributed by atoms with Crippen LogP contribution in [0.2, 0.25) is 0 Å². The van der Waals surface area contributed by atoms with Crippen LogP contribution < -0.4 is 11.1 Å². The normalized spacial score (nSPS) is 31.8. The largest absolute Gasteiger partial charge is 0.356 e. The van der Waals surface area contributed by atoms with Crippen LogP contribution in [0.1, 0.15) is 46.0 Å². The molecule has 0 aromatic carbocycles. The van der Waals surface area contributed by atoms with Gasteiger partial charge in [-0.2, -0.15) is 0 Å². The minimum Gasteiger partial charge on any atom is -0.356 e. The molecule has 0 aliphatic heterocycles. The third-order valence-electron chi connectivity index (χ3n) is 4.65. The maximum absolute atomic E-state index is 11.9. The number of nitrogens with one attached hydrogen (secondary N) is 1. The zero-order valence-electron chi connectivity index (χ0n) is 11.2. The highest BCUT2D eigenvalue weighted by atomic mass is 16.1. The minimum absolute atomic E-state index is 0.0182. The van der Waals surface area contributed by atoms with Crippen molar-refractivity contribution >= 4 is 5.91 Å². The minimum atomic E-state index is 0.0182. The van der Waals surface area contributed by atoms with E-state index in [0.29, 0.717) is 19.0 Å². The summed E-state index contributed by atoms with van der Waals surface area (Å²) >= 11 is 0. The second-order valence-electron chi connectivity index (χ2n) is 6.78. The predicted octanol–water partition coefficient (Wildman–Crippen LogP) is 1.91. The molecule has 2 saturated carbocycles. The highest BCUT2D eigenvalue weighted by Crippen LogP contribution is 2.49. The van der Waals surface area contributed by atoms with Crippen molar-refractivity contribution in [1.29, 1.82) is 0 Å². The molecule has 2 fully saturated rings. The Morgan fingerprint density at radius 3 is 2.65 bits per heavy atom. The van der Waals surface area contributed by atoms with Gasteiger partial charge in [0.05, 0.1) is 0 Å². The van der Waals surface area contributed by atoms with Crippen molar-refractivity contribution in [1.82, 2.24) is 5.32 Å². The van der Waals surface area contributed by atoms with E-state index in [1.54, 1.807) is 0 Å². The van der Waals surface area contributed by atoms with Crippen molar-refractivity contribution in [3.05, 3.63) is 0 Å². The van der Waals surface area contributed by atoms with E-state index in [0.717, 1.165) is 18.3 Å². The summed E-state index contributed by atoms with van der Waals surface area (Å²) in [5.74, 6) is 2.66. The van der Waals surface area contributed by atoms with Crippen LogP contribution in [0.25, 0.3) is 0 Å². The Hall–Kier alpha value is -0.570. The molecule has 2 rings (SSSR count). The smallest absolute Gasteiger partial charge is 0.220 e. The Balaban J connectivity index is 1.71. The number of hydrogen-bond donors (Lipinski definition) is 2. The van der Waals surface area contributed by atoms with Gasteiger partial charge in [0.15, 0.2) is 0 Å². The van der Waals surface area contributed by atoms with Crippen LogP contribution in [0.4, 0.5) is 0 Å². The third-order valence-corrected chi connectivity index (χ3v) is 4.65. The number of rotatable bonds is 5. The lowest BCUT2D eigenvalue weighted by atomic mass is 9.86. The molecule has 2 bridgehead atoms. The van der Waals surface area contributed by atoms with Crippen LogP contribution >= 0.6 is 0 Å². The van der Waals surface area contributed by atoms with E-state index in [9.17, 15) is 4.79 Å². The van der Waals surface area contributed by atoms with E-state index in [-0.39, 0.29) is 11.3 Å². The maximum atomic E-state index is 11.9. The summed E-state index contributed by atoms with van der Waals surface area (Å²) in [6, 6.07) is 0. The van der Waals surface area contributed by atoms with Crippen LogP contribution in [-0.4, -0.2) is 19.0 Å². The lowest BCUT2D eigenvalue weighted by molar-refractivity contribution is -0.122. The van der Waals surface area contributed by atoms with Gasteiger partial charge in [-0.3, -0.25) is 4.79 Å². The molecule has 0 aromatic rings. The van der Waals surface area contributed by atoms with Gasteiger partial charge in [-0.25, -0.2) is 0 Å². The van der Waals surface area contributed by atoms with Crippen molar-refractivity contribution in [3.8, 4) is 0 Å². The molecular formula is C14H26N2O. The number of carbonyl (C=O) groups excluding carboxylic acids is 1. The topological polar surface area (TPSA) is 55.1 Å². The first-order valence-electron chi connectivity index (χ1n) is 6.97. The molecule has 0 aromatic heterocycles. The molecule has 3 unspecified atom stereocenters. The van der Waals surface area contributed by atoms with Gasteiger partial charge in [0.1, 0.15) is 0 Å². The molecule has 2 aliphatic rings. The van der Waals surface area contributed by atoms with Crippen molar-refractivity contribution in [2.75, 3.05) is 13.1 Å². The number of hydrogen-bond acceptors (Lipinski definition) is 2. The molecule has 98 valence electrons. The predicted molar refractivity (Wildman–Crippen MR) is 69.4 cm³/mol. The SMILES string of the molecule is CC(C)(CN)CNC(=O)CC1CC2CCC1C2. The van der Waals surface area contributed by atoms with Gasteiger partial charge in [-0.1, -0.05) is 20.3 Å². The van der Waals surface area contributed by atoms with Crippen molar-refractivity contribution in [3.63, 3.8) is 0 Å². The Bertz CT molecular complexity index is 288. The van der Waals surface area contributed by atoms with Gasteiger partial charge in [0.2, 0.25) is 5.91 Å². The molecule has 1 amide bonds. The monoisotopic (exact) mass is 238 g/mol. The lowest BCUT2D eigenvalue weighted by Crippen LogP contribution is -2.39. The first-order valence-corrected chi connectivity index (χ1v) is 6.97. The molecule has 0 radical (unpaired) electrons. The summed E-state index contributed by atoms with van der Waals surface area (Å²) < 4.78 is 0. The number of fused-ring (bicyclic) bond motifs is 2. The number of amides is 1. The van der Waals surface area contributed by atoms with Crippen LogP contribution in [0.3, 0.4) is 0 Å². The Kier molecular flexibility index (Phi) is 3.76. The second kappa shape index (κ2) is 4.97. The van der Waals surface area contributed by atoms with E-state index in [1.807, 2.05) is 0 Å². The van der Waals surface area contributed by atoms with Crippen molar-refractivity contribution < 1.29 is 4.79 Å². The molecule has 3 heteroatoms. The van der Waals surface area contributed by atoms with Gasteiger partial charge in [-0.05, 0) is 49.0 Å². The molecule has 3 atom stereocenters. The molecule has 0 heterocycles. The molecule has 3 nitrogen and oxygen atoms in total. The third kappa shape index (κ3) is 3.21. The zero-order valence-corrected chi connectivity index (χ0v) is 11.2. The maximum Gasteiger partial charge on any atom is 0.220 e. The molecule has 17 heavy (non-hydrogen) atoms. The van der Waals surface area contributed by atoms with Gasteiger partial charge in [0.25, 0.3) is 0 Å². The Labute approximate surface area is 105 Å². The van der Waals surface area contributed by atoms with E-state index in [4.69, 9.17) is 5.73 Å². The standard InChI is InChI=1S/C14H26N2O/c1-14(2,8-15)9-16-13(17)7-12-6-10-3-4-11(12)5-10/h10-12H,3-9,15H2,1-2H3,(H,16,17). The number of carbonyl (C=O) groups is 1. The molecule has 2 aliphatic carbocycles. The van der Waals surface area contributed by atoms with Gasteiger partial charge >= 0.3 is 0 Å². The van der Waals surface area contributed by atoms with E-state index in [1.165, 1.54) is 25.7 Å². The van der Waals surface area contributed by atoms with Crippen LogP contribution in [0.5, 0.6) is 0 Å². The fourth-order valence-corrected chi connectivity index (χ4v) is 3.35. The van der Waals surface area contributed by atoms with Crippen molar-refractivity contribution in [2.24, 2.45) is 28.9 Å². The number of nitrogens with two attached hydrogens (primary N) is 1. The van der Waals surface area contributed by atoms with E-state index in [2.05, 4.69) is 19.2 Å². The fraction of sp³-hybridized carbons (Fsp3) is 0.929. The lowest BCUT2D eigenvalue weighted by Gasteiger charge is -2.25. The quantitative estimate of drug-likeness (QED) is 0.769. The molecule has 3 N–H and O–H groups in total. The van der Waals surface area contributed by atoms with E-state index < -0.39 is 0 Å². The highest BCUT2D eigenvalue weighted by Gasteiger charge is 2.40. The summed E-state index contributed by atoms with van der Waals surface area (Å²) in [6.45, 7) is 5.49. The molecule has 0 saturated heterocycles. The first kappa shape index (κ1) is 12.9. The summed E-state index contributed by atoms with van der Waals surface area (Å²) in [7, 11) is 0. The Morgan fingerprint density at radius 2 is 2.12 bits per heavy atom. The van der Waals surface area contributed by atoms with Gasteiger partial charge in [-0.15, -0.1) is 0 Å². The van der Waals surface area contributed by atoms with E-state index >= 15 is 0 Å². The van der Waals surface area contributed by atoms with Crippen LogP contribution in [-0.2, 0) is 4.79 Å². The first-order chi connectivity index (χ1) is 8.00.